The van der Waals surface area contributed by atoms with Crippen molar-refractivity contribution in [2.75, 3.05) is 0 Å². The van der Waals surface area contributed by atoms with Gasteiger partial charge in [0.05, 0.1) is 26.9 Å². The van der Waals surface area contributed by atoms with E-state index in [-0.39, 0.29) is 0 Å². The first kappa shape index (κ1) is 19.2. The Morgan fingerprint density at radius 3 is 1.91 bits per heavy atom. The molecule has 0 saturated heterocycles. The highest BCUT2D eigenvalue weighted by Crippen LogP contribution is 2.38. The van der Waals surface area contributed by atoms with Gasteiger partial charge in [0.2, 0.25) is 5.95 Å². The lowest BCUT2D eigenvalue weighted by Crippen LogP contribution is -2.02. The molecule has 3 heterocycles. The number of fused-ring (bicyclic) bond motifs is 4. The molecule has 0 aliphatic heterocycles. The number of aromatic nitrogens is 3. The van der Waals surface area contributed by atoms with Crippen molar-refractivity contribution in [2.45, 2.75) is 0 Å². The summed E-state index contributed by atoms with van der Waals surface area (Å²) in [4.78, 5) is 10.3. The molecule has 0 amide bonds. The summed E-state index contributed by atoms with van der Waals surface area (Å²) < 4.78 is 3.30. The van der Waals surface area contributed by atoms with E-state index in [1.54, 1.807) is 11.3 Å². The van der Waals surface area contributed by atoms with Gasteiger partial charge >= 0.3 is 0 Å². The van der Waals surface area contributed by atoms with Crippen molar-refractivity contribution in [3.05, 3.63) is 115 Å². The van der Waals surface area contributed by atoms with Gasteiger partial charge in [0.25, 0.3) is 0 Å². The maximum absolute atomic E-state index is 5.23. The average Bonchev–Trinajstić information content (AvgIpc) is 3.51. The second-order valence-corrected chi connectivity index (χ2v) is 9.20. The number of rotatable bonds is 3. The Morgan fingerprint density at radius 2 is 1.18 bits per heavy atom. The van der Waals surface area contributed by atoms with Crippen molar-refractivity contribution in [2.24, 2.45) is 0 Å². The van der Waals surface area contributed by atoms with Crippen LogP contribution >= 0.6 is 11.3 Å². The first-order chi connectivity index (χ1) is 16.9. The van der Waals surface area contributed by atoms with Crippen LogP contribution in [0.25, 0.3) is 60.4 Å². The molecule has 0 N–H and O–H groups in total. The third kappa shape index (κ3) is 2.89. The number of nitrogens with zero attached hydrogens (tertiary/aromatic N) is 3. The summed E-state index contributed by atoms with van der Waals surface area (Å²) in [5, 5.41) is 4.51. The van der Waals surface area contributed by atoms with Crippen molar-refractivity contribution < 1.29 is 0 Å². The van der Waals surface area contributed by atoms with Crippen LogP contribution < -0.4 is 0 Å². The summed E-state index contributed by atoms with van der Waals surface area (Å²) in [7, 11) is 0. The number of para-hydroxylation sites is 2. The second kappa shape index (κ2) is 7.65. The molecule has 0 atom stereocenters. The molecular formula is C30H19N3S. The highest BCUT2D eigenvalue weighted by molar-refractivity contribution is 7.17. The minimum atomic E-state index is 0.696. The molecule has 7 rings (SSSR count). The first-order valence-electron chi connectivity index (χ1n) is 11.3. The van der Waals surface area contributed by atoms with Gasteiger partial charge < -0.3 is 0 Å². The Bertz CT molecular complexity index is 1760. The molecule has 0 radical (unpaired) electrons. The molecule has 3 nitrogen and oxygen atoms in total. The van der Waals surface area contributed by atoms with Gasteiger partial charge in [-0.15, -0.1) is 11.3 Å². The van der Waals surface area contributed by atoms with Crippen LogP contribution in [0, 0.1) is 0 Å². The summed E-state index contributed by atoms with van der Waals surface area (Å²) in [6.45, 7) is 0. The van der Waals surface area contributed by atoms with Crippen molar-refractivity contribution in [3.8, 4) is 28.3 Å². The fourth-order valence-electron chi connectivity index (χ4n) is 4.83. The quantitative estimate of drug-likeness (QED) is 0.270. The van der Waals surface area contributed by atoms with Crippen LogP contribution in [0.1, 0.15) is 0 Å². The molecule has 0 fully saturated rings. The third-order valence-corrected chi connectivity index (χ3v) is 7.25. The van der Waals surface area contributed by atoms with Gasteiger partial charge in [-0.3, -0.25) is 4.57 Å². The zero-order chi connectivity index (χ0) is 22.5. The summed E-state index contributed by atoms with van der Waals surface area (Å²) >= 11 is 1.69. The summed E-state index contributed by atoms with van der Waals surface area (Å²) in [6, 6.07) is 38.1. The SMILES string of the molecule is c1ccc(-c2ccccc2-c2nc(-n3c4ccccc4c4ccccc43)nc3ccsc23)cc1. The summed E-state index contributed by atoms with van der Waals surface area (Å²) in [5.74, 6) is 0.696. The van der Waals surface area contributed by atoms with Crippen molar-refractivity contribution in [1.29, 1.82) is 0 Å². The monoisotopic (exact) mass is 453 g/mol. The van der Waals surface area contributed by atoms with E-state index in [2.05, 4.69) is 119 Å². The highest BCUT2D eigenvalue weighted by Gasteiger charge is 2.19. The van der Waals surface area contributed by atoms with E-state index in [9.17, 15) is 0 Å². The van der Waals surface area contributed by atoms with Crippen LogP contribution in [0.2, 0.25) is 0 Å². The molecule has 7 aromatic rings. The smallest absolute Gasteiger partial charge is 0.235 e. The van der Waals surface area contributed by atoms with E-state index in [1.807, 2.05) is 0 Å². The number of benzene rings is 4. The van der Waals surface area contributed by atoms with Gasteiger partial charge in [0, 0.05) is 16.3 Å². The van der Waals surface area contributed by atoms with Crippen LogP contribution in [0.15, 0.2) is 115 Å². The molecule has 4 aromatic carbocycles. The highest BCUT2D eigenvalue weighted by atomic mass is 32.1. The maximum atomic E-state index is 5.23. The van der Waals surface area contributed by atoms with Gasteiger partial charge in [0.1, 0.15) is 0 Å². The van der Waals surface area contributed by atoms with Gasteiger partial charge in [-0.1, -0.05) is 91.0 Å². The molecule has 34 heavy (non-hydrogen) atoms. The summed E-state index contributed by atoms with van der Waals surface area (Å²) in [6.07, 6.45) is 0. The Labute approximate surface area is 200 Å². The van der Waals surface area contributed by atoms with E-state index in [1.165, 1.54) is 21.9 Å². The van der Waals surface area contributed by atoms with E-state index < -0.39 is 0 Å². The van der Waals surface area contributed by atoms with Gasteiger partial charge in [-0.05, 0) is 34.7 Å². The first-order valence-corrected chi connectivity index (χ1v) is 12.1. The largest absolute Gasteiger partial charge is 0.278 e. The lowest BCUT2D eigenvalue weighted by atomic mass is 9.97. The molecule has 0 bridgehead atoms. The molecule has 0 unspecified atom stereocenters. The van der Waals surface area contributed by atoms with Crippen LogP contribution in [0.3, 0.4) is 0 Å². The zero-order valence-corrected chi connectivity index (χ0v) is 19.0. The van der Waals surface area contributed by atoms with Gasteiger partial charge in [-0.2, -0.15) is 0 Å². The van der Waals surface area contributed by atoms with E-state index in [0.717, 1.165) is 32.5 Å². The number of thiophene rings is 1. The van der Waals surface area contributed by atoms with Crippen LogP contribution in [0.4, 0.5) is 0 Å². The Hall–Kier alpha value is -4.28. The minimum absolute atomic E-state index is 0.696. The topological polar surface area (TPSA) is 30.7 Å². The molecule has 3 aromatic heterocycles. The molecule has 0 spiro atoms. The van der Waals surface area contributed by atoms with Gasteiger partial charge in [0.15, 0.2) is 0 Å². The predicted octanol–water partition coefficient (Wildman–Crippen LogP) is 8.12. The van der Waals surface area contributed by atoms with Crippen LogP contribution in [-0.2, 0) is 0 Å². The maximum Gasteiger partial charge on any atom is 0.235 e. The zero-order valence-electron chi connectivity index (χ0n) is 18.2. The summed E-state index contributed by atoms with van der Waals surface area (Å²) in [5.41, 5.74) is 7.63. The van der Waals surface area contributed by atoms with E-state index in [0.29, 0.717) is 5.95 Å². The molecule has 4 heteroatoms. The lowest BCUT2D eigenvalue weighted by Gasteiger charge is -2.13. The predicted molar refractivity (Wildman–Crippen MR) is 143 cm³/mol. The molecule has 160 valence electrons. The molecular weight excluding hydrogens is 434 g/mol. The van der Waals surface area contributed by atoms with Crippen LogP contribution in [-0.4, -0.2) is 14.5 Å². The lowest BCUT2D eigenvalue weighted by molar-refractivity contribution is 1.02. The molecule has 0 aliphatic carbocycles. The van der Waals surface area contributed by atoms with E-state index >= 15 is 0 Å². The average molecular weight is 454 g/mol. The third-order valence-electron chi connectivity index (χ3n) is 6.34. The van der Waals surface area contributed by atoms with Crippen molar-refractivity contribution in [3.63, 3.8) is 0 Å². The standard InChI is InChI=1S/C30H19N3S/c1-2-10-20(11-3-1)21-12-4-5-15-24(21)28-29-25(18-19-34-29)31-30(32-28)33-26-16-8-6-13-22(26)23-14-7-9-17-27(23)33/h1-19H. The number of hydrogen-bond donors (Lipinski definition) is 0. The normalized spacial score (nSPS) is 11.5. The molecule has 0 saturated carbocycles. The Balaban J connectivity index is 1.56. The fourth-order valence-corrected chi connectivity index (χ4v) is 5.67. The number of hydrogen-bond acceptors (Lipinski definition) is 3. The van der Waals surface area contributed by atoms with E-state index in [4.69, 9.17) is 9.97 Å². The van der Waals surface area contributed by atoms with Gasteiger partial charge in [-0.25, -0.2) is 9.97 Å². The Morgan fingerprint density at radius 1 is 0.559 bits per heavy atom. The second-order valence-electron chi connectivity index (χ2n) is 8.29. The Kier molecular flexibility index (Phi) is 4.32. The van der Waals surface area contributed by atoms with Crippen molar-refractivity contribution in [1.82, 2.24) is 14.5 Å². The van der Waals surface area contributed by atoms with Crippen molar-refractivity contribution >= 4 is 43.4 Å². The fraction of sp³-hybridized carbons (Fsp3) is 0. The van der Waals surface area contributed by atoms with Crippen LogP contribution in [0.5, 0.6) is 0 Å². The minimum Gasteiger partial charge on any atom is -0.278 e. The molecule has 0 aliphatic rings.